The zero-order valence-electron chi connectivity index (χ0n) is 16.5. The van der Waals surface area contributed by atoms with Crippen LogP contribution in [0.2, 0.25) is 0 Å². The second-order valence-corrected chi connectivity index (χ2v) is 7.81. The lowest BCUT2D eigenvalue weighted by Crippen LogP contribution is -2.31. The van der Waals surface area contributed by atoms with E-state index < -0.39 is 11.7 Å². The SMILES string of the molecule is CC.CC(CN(C)C)CN1c2ccccc2Sc2ccc(C(F)(F)F)cc21. The van der Waals surface area contributed by atoms with Gasteiger partial charge in [-0.1, -0.05) is 44.7 Å². The predicted octanol–water partition coefficient (Wildman–Crippen LogP) is 6.53. The first-order valence-electron chi connectivity index (χ1n) is 9.16. The summed E-state index contributed by atoms with van der Waals surface area (Å²) >= 11 is 1.53. The van der Waals surface area contributed by atoms with Crippen molar-refractivity contribution in [3.05, 3.63) is 48.0 Å². The van der Waals surface area contributed by atoms with Crippen LogP contribution in [-0.2, 0) is 6.18 Å². The molecular formula is C21H27F3N2S. The highest BCUT2D eigenvalue weighted by atomic mass is 32.2. The number of hydrogen-bond acceptors (Lipinski definition) is 3. The first kappa shape index (κ1) is 21.6. The highest BCUT2D eigenvalue weighted by Gasteiger charge is 2.33. The van der Waals surface area contributed by atoms with Crippen molar-refractivity contribution in [2.75, 3.05) is 32.1 Å². The van der Waals surface area contributed by atoms with E-state index in [2.05, 4.69) is 11.8 Å². The maximum absolute atomic E-state index is 13.2. The molecule has 1 aliphatic heterocycles. The number of rotatable bonds is 4. The Bertz CT molecular complexity index is 759. The molecule has 0 bridgehead atoms. The zero-order chi connectivity index (χ0) is 20.2. The average molecular weight is 397 g/mol. The maximum Gasteiger partial charge on any atom is 0.416 e. The van der Waals surface area contributed by atoms with Gasteiger partial charge in [-0.25, -0.2) is 0 Å². The third-order valence-corrected chi connectivity index (χ3v) is 5.25. The highest BCUT2D eigenvalue weighted by Crippen LogP contribution is 2.49. The second-order valence-electron chi connectivity index (χ2n) is 6.73. The van der Waals surface area contributed by atoms with Crippen LogP contribution in [0.5, 0.6) is 0 Å². The van der Waals surface area contributed by atoms with Gasteiger partial charge in [0.25, 0.3) is 0 Å². The van der Waals surface area contributed by atoms with E-state index in [-0.39, 0.29) is 0 Å². The first-order valence-corrected chi connectivity index (χ1v) is 9.98. The van der Waals surface area contributed by atoms with E-state index in [1.165, 1.54) is 23.9 Å². The number of para-hydroxylation sites is 1. The number of anilines is 2. The van der Waals surface area contributed by atoms with Crippen LogP contribution >= 0.6 is 11.8 Å². The Morgan fingerprint density at radius 3 is 2.26 bits per heavy atom. The van der Waals surface area contributed by atoms with Crippen molar-refractivity contribution in [1.82, 2.24) is 4.90 Å². The molecule has 1 heterocycles. The van der Waals surface area contributed by atoms with Crippen molar-refractivity contribution in [1.29, 1.82) is 0 Å². The van der Waals surface area contributed by atoms with Crippen LogP contribution in [0.1, 0.15) is 26.3 Å². The van der Waals surface area contributed by atoms with E-state index >= 15 is 0 Å². The fourth-order valence-corrected chi connectivity index (χ4v) is 4.27. The summed E-state index contributed by atoms with van der Waals surface area (Å²) in [7, 11) is 4.01. The summed E-state index contributed by atoms with van der Waals surface area (Å²) in [4.78, 5) is 6.07. The molecule has 0 N–H and O–H groups in total. The van der Waals surface area contributed by atoms with Crippen molar-refractivity contribution in [2.45, 2.75) is 36.7 Å². The summed E-state index contributed by atoms with van der Waals surface area (Å²) in [5.74, 6) is 0.313. The molecule has 0 aliphatic carbocycles. The zero-order valence-corrected chi connectivity index (χ0v) is 17.3. The molecule has 2 aromatic carbocycles. The van der Waals surface area contributed by atoms with Gasteiger partial charge in [-0.2, -0.15) is 13.2 Å². The Kier molecular flexibility index (Phi) is 7.23. The van der Waals surface area contributed by atoms with E-state index in [1.807, 2.05) is 57.1 Å². The molecule has 0 radical (unpaired) electrons. The number of halogens is 3. The van der Waals surface area contributed by atoms with Gasteiger partial charge in [0, 0.05) is 22.9 Å². The number of alkyl halides is 3. The molecule has 0 amide bonds. The summed E-state index contributed by atoms with van der Waals surface area (Å²) in [6, 6.07) is 11.9. The summed E-state index contributed by atoms with van der Waals surface area (Å²) < 4.78 is 39.6. The third-order valence-electron chi connectivity index (χ3n) is 4.12. The van der Waals surface area contributed by atoms with Crippen LogP contribution < -0.4 is 4.90 Å². The molecule has 6 heteroatoms. The molecule has 0 spiro atoms. The van der Waals surface area contributed by atoms with Gasteiger partial charge in [0.05, 0.1) is 16.9 Å². The van der Waals surface area contributed by atoms with Gasteiger partial charge >= 0.3 is 6.18 Å². The van der Waals surface area contributed by atoms with E-state index in [9.17, 15) is 13.2 Å². The second kappa shape index (κ2) is 9.02. The van der Waals surface area contributed by atoms with Gasteiger partial charge in [0.15, 0.2) is 0 Å². The van der Waals surface area contributed by atoms with Crippen molar-refractivity contribution in [3.8, 4) is 0 Å². The highest BCUT2D eigenvalue weighted by molar-refractivity contribution is 7.99. The Balaban J connectivity index is 0.00000126. The smallest absolute Gasteiger partial charge is 0.339 e. The van der Waals surface area contributed by atoms with Gasteiger partial charge in [0.2, 0.25) is 0 Å². The number of fused-ring (bicyclic) bond motifs is 2. The summed E-state index contributed by atoms with van der Waals surface area (Å²) in [6.45, 7) is 7.67. The largest absolute Gasteiger partial charge is 0.416 e. The summed E-state index contributed by atoms with van der Waals surface area (Å²) in [5.41, 5.74) is 1.02. The van der Waals surface area contributed by atoms with Crippen LogP contribution in [0.4, 0.5) is 24.5 Å². The fourth-order valence-electron chi connectivity index (χ4n) is 3.20. The van der Waals surface area contributed by atoms with Gasteiger partial charge in [0.1, 0.15) is 0 Å². The third kappa shape index (κ3) is 5.20. The van der Waals surface area contributed by atoms with Gasteiger partial charge < -0.3 is 9.80 Å². The molecule has 3 rings (SSSR count). The first-order chi connectivity index (χ1) is 12.8. The van der Waals surface area contributed by atoms with Crippen LogP contribution in [0.25, 0.3) is 0 Å². The molecule has 2 aromatic rings. The average Bonchev–Trinajstić information content (AvgIpc) is 2.61. The van der Waals surface area contributed by atoms with Crippen LogP contribution in [0.3, 0.4) is 0 Å². The Hall–Kier alpha value is -1.66. The molecule has 1 unspecified atom stereocenters. The van der Waals surface area contributed by atoms with Crippen LogP contribution in [0.15, 0.2) is 52.3 Å². The molecule has 148 valence electrons. The molecule has 0 aromatic heterocycles. The maximum atomic E-state index is 13.2. The number of benzene rings is 2. The van der Waals surface area contributed by atoms with Crippen molar-refractivity contribution < 1.29 is 13.2 Å². The quantitative estimate of drug-likeness (QED) is 0.580. The van der Waals surface area contributed by atoms with Crippen molar-refractivity contribution in [2.24, 2.45) is 5.92 Å². The molecule has 1 aliphatic rings. The van der Waals surface area contributed by atoms with Gasteiger partial charge in [-0.05, 0) is 50.3 Å². The molecule has 0 fully saturated rings. The molecule has 0 saturated carbocycles. The molecule has 27 heavy (non-hydrogen) atoms. The lowest BCUT2D eigenvalue weighted by molar-refractivity contribution is -0.137. The standard InChI is InChI=1S/C19H21F3N2S.C2H6/c1-13(11-23(2)3)12-24-15-6-4-5-7-17(15)25-18-9-8-14(10-16(18)24)19(20,21)22;1-2/h4-10,13H,11-12H2,1-3H3;1-2H3. The predicted molar refractivity (Wildman–Crippen MR) is 108 cm³/mol. The summed E-state index contributed by atoms with van der Waals surface area (Å²) in [6.07, 6.45) is -4.34. The van der Waals surface area contributed by atoms with Gasteiger partial charge in [-0.15, -0.1) is 0 Å². The van der Waals surface area contributed by atoms with Crippen LogP contribution in [0, 0.1) is 5.92 Å². The number of hydrogen-bond donors (Lipinski definition) is 0. The van der Waals surface area contributed by atoms with E-state index in [4.69, 9.17) is 0 Å². The lowest BCUT2D eigenvalue weighted by Gasteiger charge is -2.35. The minimum absolute atomic E-state index is 0.313. The minimum Gasteiger partial charge on any atom is -0.339 e. The topological polar surface area (TPSA) is 6.48 Å². The van der Waals surface area contributed by atoms with Gasteiger partial charge in [-0.3, -0.25) is 0 Å². The molecule has 1 atom stereocenters. The molecule has 0 saturated heterocycles. The Labute approximate surface area is 164 Å². The number of nitrogens with zero attached hydrogens (tertiary/aromatic N) is 2. The van der Waals surface area contributed by atoms with Crippen molar-refractivity contribution >= 4 is 23.1 Å². The normalized spacial score (nSPS) is 14.2. The van der Waals surface area contributed by atoms with E-state index in [1.54, 1.807) is 6.07 Å². The minimum atomic E-state index is -4.34. The van der Waals surface area contributed by atoms with E-state index in [0.29, 0.717) is 18.2 Å². The van der Waals surface area contributed by atoms with Crippen LogP contribution in [-0.4, -0.2) is 32.1 Å². The van der Waals surface area contributed by atoms with Crippen molar-refractivity contribution in [3.63, 3.8) is 0 Å². The summed E-state index contributed by atoms with van der Waals surface area (Å²) in [5, 5.41) is 0. The Morgan fingerprint density at radius 2 is 1.63 bits per heavy atom. The Morgan fingerprint density at radius 1 is 1.00 bits per heavy atom. The molecule has 2 nitrogen and oxygen atoms in total. The lowest BCUT2D eigenvalue weighted by atomic mass is 10.1. The molecular weight excluding hydrogens is 369 g/mol. The fraction of sp³-hybridized carbons (Fsp3) is 0.429. The monoisotopic (exact) mass is 396 g/mol. The van der Waals surface area contributed by atoms with E-state index in [0.717, 1.165) is 22.0 Å².